The van der Waals surface area contributed by atoms with Crippen LogP contribution in [0.2, 0.25) is 0 Å². The van der Waals surface area contributed by atoms with Gasteiger partial charge in [-0.1, -0.05) is 6.07 Å². The molecule has 1 unspecified atom stereocenters. The van der Waals surface area contributed by atoms with Crippen LogP contribution in [0.3, 0.4) is 0 Å². The van der Waals surface area contributed by atoms with Crippen LogP contribution in [0.1, 0.15) is 37.4 Å². The summed E-state index contributed by atoms with van der Waals surface area (Å²) in [5.41, 5.74) is 0.386. The quantitative estimate of drug-likeness (QED) is 0.816. The van der Waals surface area contributed by atoms with Gasteiger partial charge in [0, 0.05) is 13.0 Å². The normalized spacial score (nSPS) is 17.9. The second-order valence-corrected chi connectivity index (χ2v) is 6.05. The molecule has 2 rings (SSSR count). The van der Waals surface area contributed by atoms with Crippen molar-refractivity contribution in [2.75, 3.05) is 26.7 Å². The predicted molar refractivity (Wildman–Crippen MR) is 81.7 cm³/mol. The number of likely N-dealkylation sites (tertiary alicyclic amines) is 1. The molecule has 4 nitrogen and oxygen atoms in total. The standard InChI is InChI=1S/C17H23F2NO3/c1-23-17(22)5-2-12-6-8-20(9-7-12)11-16(21)13-3-4-14(18)15(19)10-13/h3-4,10,12,16,21H,2,5-9,11H2,1H3. The minimum absolute atomic E-state index is 0.179. The average Bonchev–Trinajstić information content (AvgIpc) is 2.56. The number of methoxy groups -OCH3 is 1. The van der Waals surface area contributed by atoms with Crippen LogP contribution in [0.5, 0.6) is 0 Å². The molecule has 1 aliphatic rings. The van der Waals surface area contributed by atoms with Crippen LogP contribution >= 0.6 is 0 Å². The van der Waals surface area contributed by atoms with Crippen molar-refractivity contribution in [1.82, 2.24) is 4.90 Å². The summed E-state index contributed by atoms with van der Waals surface area (Å²) >= 11 is 0. The summed E-state index contributed by atoms with van der Waals surface area (Å²) in [6.07, 6.45) is 2.35. The number of piperidine rings is 1. The molecule has 1 heterocycles. The van der Waals surface area contributed by atoms with Crippen molar-refractivity contribution in [3.63, 3.8) is 0 Å². The molecule has 0 amide bonds. The lowest BCUT2D eigenvalue weighted by molar-refractivity contribution is -0.141. The molecular formula is C17H23F2NO3. The van der Waals surface area contributed by atoms with E-state index in [0.29, 0.717) is 24.4 Å². The highest BCUT2D eigenvalue weighted by Crippen LogP contribution is 2.24. The summed E-state index contributed by atoms with van der Waals surface area (Å²) < 4.78 is 30.8. The first-order valence-electron chi connectivity index (χ1n) is 7.91. The zero-order chi connectivity index (χ0) is 16.8. The van der Waals surface area contributed by atoms with Crippen LogP contribution in [0, 0.1) is 17.6 Å². The van der Waals surface area contributed by atoms with Crippen molar-refractivity contribution in [1.29, 1.82) is 0 Å². The first-order chi connectivity index (χ1) is 11.0. The molecule has 1 aromatic carbocycles. The van der Waals surface area contributed by atoms with E-state index in [1.165, 1.54) is 13.2 Å². The molecule has 0 spiro atoms. The molecule has 1 N–H and O–H groups in total. The van der Waals surface area contributed by atoms with Crippen LogP contribution in [-0.2, 0) is 9.53 Å². The molecule has 1 saturated heterocycles. The third-order valence-corrected chi connectivity index (χ3v) is 4.45. The van der Waals surface area contributed by atoms with E-state index in [4.69, 9.17) is 0 Å². The summed E-state index contributed by atoms with van der Waals surface area (Å²) in [7, 11) is 1.39. The van der Waals surface area contributed by atoms with Gasteiger partial charge in [0.05, 0.1) is 13.2 Å². The molecule has 1 aromatic rings. The molecule has 0 aromatic heterocycles. The van der Waals surface area contributed by atoms with Gasteiger partial charge in [-0.15, -0.1) is 0 Å². The van der Waals surface area contributed by atoms with Crippen molar-refractivity contribution in [2.45, 2.75) is 31.8 Å². The number of rotatable bonds is 6. The van der Waals surface area contributed by atoms with E-state index in [0.717, 1.165) is 44.5 Å². The van der Waals surface area contributed by atoms with E-state index in [-0.39, 0.29) is 5.97 Å². The third kappa shape index (κ3) is 5.25. The number of ether oxygens (including phenoxy) is 1. The zero-order valence-corrected chi connectivity index (χ0v) is 13.3. The topological polar surface area (TPSA) is 49.8 Å². The van der Waals surface area contributed by atoms with Crippen molar-refractivity contribution >= 4 is 5.97 Å². The molecule has 1 atom stereocenters. The summed E-state index contributed by atoms with van der Waals surface area (Å²) in [6.45, 7) is 2.05. The SMILES string of the molecule is COC(=O)CCC1CCN(CC(O)c2ccc(F)c(F)c2)CC1. The molecule has 1 fully saturated rings. The Morgan fingerprint density at radius 2 is 2.04 bits per heavy atom. The van der Waals surface area contributed by atoms with Crippen LogP contribution < -0.4 is 0 Å². The van der Waals surface area contributed by atoms with E-state index in [1.54, 1.807) is 0 Å². The number of esters is 1. The Labute approximate surface area is 135 Å². The Hall–Kier alpha value is -1.53. The van der Waals surface area contributed by atoms with Crippen LogP contribution in [-0.4, -0.2) is 42.7 Å². The first-order valence-corrected chi connectivity index (χ1v) is 7.91. The van der Waals surface area contributed by atoms with Gasteiger partial charge in [0.25, 0.3) is 0 Å². The second kappa shape index (κ2) is 8.36. The number of halogens is 2. The second-order valence-electron chi connectivity index (χ2n) is 6.05. The number of aliphatic hydroxyl groups excluding tert-OH is 1. The number of carbonyl (C=O) groups is 1. The molecule has 0 bridgehead atoms. The Bertz CT molecular complexity index is 531. The van der Waals surface area contributed by atoms with Crippen LogP contribution in [0.4, 0.5) is 8.78 Å². The maximum absolute atomic E-state index is 13.2. The van der Waals surface area contributed by atoms with Crippen LogP contribution in [0.15, 0.2) is 18.2 Å². The fraction of sp³-hybridized carbons (Fsp3) is 0.588. The highest BCUT2D eigenvalue weighted by molar-refractivity contribution is 5.69. The zero-order valence-electron chi connectivity index (χ0n) is 13.3. The smallest absolute Gasteiger partial charge is 0.305 e. The summed E-state index contributed by atoms with van der Waals surface area (Å²) in [4.78, 5) is 13.3. The number of benzene rings is 1. The number of hydrogen-bond acceptors (Lipinski definition) is 4. The number of aliphatic hydroxyl groups is 1. The lowest BCUT2D eigenvalue weighted by atomic mass is 9.92. The molecule has 0 aliphatic carbocycles. The summed E-state index contributed by atoms with van der Waals surface area (Å²) in [5.74, 6) is -1.54. The molecule has 6 heteroatoms. The van der Waals surface area contributed by atoms with E-state index in [1.807, 2.05) is 0 Å². The first kappa shape index (κ1) is 17.8. The van der Waals surface area contributed by atoms with Crippen molar-refractivity contribution in [3.05, 3.63) is 35.4 Å². The average molecular weight is 327 g/mol. The Balaban J connectivity index is 1.77. The Morgan fingerprint density at radius 3 is 2.65 bits per heavy atom. The third-order valence-electron chi connectivity index (χ3n) is 4.45. The highest BCUT2D eigenvalue weighted by Gasteiger charge is 2.22. The van der Waals surface area contributed by atoms with E-state index in [2.05, 4.69) is 9.64 Å². The fourth-order valence-corrected chi connectivity index (χ4v) is 2.95. The van der Waals surface area contributed by atoms with E-state index >= 15 is 0 Å². The lowest BCUT2D eigenvalue weighted by Gasteiger charge is -2.33. The monoisotopic (exact) mass is 327 g/mol. The van der Waals surface area contributed by atoms with Gasteiger partial charge in [-0.25, -0.2) is 8.78 Å². The molecular weight excluding hydrogens is 304 g/mol. The minimum atomic E-state index is -0.942. The maximum Gasteiger partial charge on any atom is 0.305 e. The Morgan fingerprint density at radius 1 is 1.35 bits per heavy atom. The van der Waals surface area contributed by atoms with Gasteiger partial charge in [-0.3, -0.25) is 4.79 Å². The van der Waals surface area contributed by atoms with E-state index in [9.17, 15) is 18.7 Å². The number of hydrogen-bond donors (Lipinski definition) is 1. The minimum Gasteiger partial charge on any atom is -0.469 e. The molecule has 128 valence electrons. The van der Waals surface area contributed by atoms with Crippen LogP contribution in [0.25, 0.3) is 0 Å². The van der Waals surface area contributed by atoms with Gasteiger partial charge in [0.1, 0.15) is 0 Å². The molecule has 0 radical (unpaired) electrons. The van der Waals surface area contributed by atoms with Gasteiger partial charge >= 0.3 is 5.97 Å². The Kier molecular flexibility index (Phi) is 6.47. The maximum atomic E-state index is 13.2. The molecule has 0 saturated carbocycles. The van der Waals surface area contributed by atoms with Crippen molar-refractivity contribution in [2.24, 2.45) is 5.92 Å². The largest absolute Gasteiger partial charge is 0.469 e. The highest BCUT2D eigenvalue weighted by atomic mass is 19.2. The summed E-state index contributed by atoms with van der Waals surface area (Å²) in [5, 5.41) is 10.2. The lowest BCUT2D eigenvalue weighted by Crippen LogP contribution is -2.36. The number of nitrogens with zero attached hydrogens (tertiary/aromatic N) is 1. The predicted octanol–water partition coefficient (Wildman–Crippen LogP) is 2.66. The van der Waals surface area contributed by atoms with Crippen molar-refractivity contribution in [3.8, 4) is 0 Å². The fourth-order valence-electron chi connectivity index (χ4n) is 2.95. The van der Waals surface area contributed by atoms with Gasteiger partial charge in [0.15, 0.2) is 11.6 Å². The van der Waals surface area contributed by atoms with Gasteiger partial charge < -0.3 is 14.7 Å². The molecule has 1 aliphatic heterocycles. The molecule has 23 heavy (non-hydrogen) atoms. The van der Waals surface area contributed by atoms with Gasteiger partial charge in [0.2, 0.25) is 0 Å². The summed E-state index contributed by atoms with van der Waals surface area (Å²) in [6, 6.07) is 3.49. The number of β-amino-alcohol motifs (C(OH)–C–C–N with tert-alkyl or cyclic N) is 1. The van der Waals surface area contributed by atoms with E-state index < -0.39 is 17.7 Å². The van der Waals surface area contributed by atoms with Gasteiger partial charge in [-0.05, 0) is 56.0 Å². The van der Waals surface area contributed by atoms with Crippen molar-refractivity contribution < 1.29 is 23.4 Å². The van der Waals surface area contributed by atoms with Gasteiger partial charge in [-0.2, -0.15) is 0 Å². The number of carbonyl (C=O) groups excluding carboxylic acids is 1.